The fourth-order valence-electron chi connectivity index (χ4n) is 4.91. The maximum Gasteiger partial charge on any atom is 0.344 e. The minimum Gasteiger partial charge on any atom is -0.482 e. The van der Waals surface area contributed by atoms with Crippen LogP contribution in [0.2, 0.25) is 0 Å². The zero-order valence-corrected chi connectivity index (χ0v) is 23.1. The number of benzene rings is 4. The van der Waals surface area contributed by atoms with Gasteiger partial charge in [-0.15, -0.1) is 0 Å². The average molecular weight is 536 g/mol. The van der Waals surface area contributed by atoms with Crippen LogP contribution < -0.4 is 4.74 Å². The predicted octanol–water partition coefficient (Wildman–Crippen LogP) is 6.93. The average Bonchev–Trinajstić information content (AvgIpc) is 3.01. The molecule has 5 nitrogen and oxygen atoms in total. The molecule has 0 saturated carbocycles. The van der Waals surface area contributed by atoms with Crippen molar-refractivity contribution < 1.29 is 19.1 Å². The largest absolute Gasteiger partial charge is 0.482 e. The Bertz CT molecular complexity index is 1290. The molecule has 0 aliphatic rings. The summed E-state index contributed by atoms with van der Waals surface area (Å²) in [5.41, 5.74) is 4.18. The topological polar surface area (TPSA) is 55.8 Å². The molecule has 4 rings (SSSR count). The second-order valence-corrected chi connectivity index (χ2v) is 9.63. The summed E-state index contributed by atoms with van der Waals surface area (Å²) in [5.74, 6) is 0.505. The molecule has 0 aliphatic heterocycles. The number of carbonyl (C=O) groups excluding carboxylic acids is 2. The van der Waals surface area contributed by atoms with Crippen LogP contribution in [-0.2, 0) is 16.0 Å². The number of carbonyl (C=O) groups is 2. The first-order chi connectivity index (χ1) is 19.7. The Morgan fingerprint density at radius 2 is 1.30 bits per heavy atom. The molecule has 0 spiro atoms. The summed E-state index contributed by atoms with van der Waals surface area (Å²) in [6.07, 6.45) is 2.30. The molecule has 0 fully saturated rings. The Labute approximate surface area is 237 Å². The van der Waals surface area contributed by atoms with E-state index in [4.69, 9.17) is 9.47 Å². The summed E-state index contributed by atoms with van der Waals surface area (Å²) in [7, 11) is 0. The van der Waals surface area contributed by atoms with E-state index in [0.29, 0.717) is 31.0 Å². The van der Waals surface area contributed by atoms with Gasteiger partial charge in [-0.05, 0) is 61.1 Å². The summed E-state index contributed by atoms with van der Waals surface area (Å²) < 4.78 is 10.7. The molecule has 40 heavy (non-hydrogen) atoms. The molecule has 0 heterocycles. The van der Waals surface area contributed by atoms with Crippen molar-refractivity contribution in [3.63, 3.8) is 0 Å². The molecular formula is C35H37NO4. The van der Waals surface area contributed by atoms with Crippen molar-refractivity contribution in [2.24, 2.45) is 0 Å². The van der Waals surface area contributed by atoms with Crippen LogP contribution in [0, 0.1) is 0 Å². The van der Waals surface area contributed by atoms with E-state index in [2.05, 4.69) is 48.5 Å². The molecule has 206 valence electrons. The third-order valence-electron chi connectivity index (χ3n) is 6.90. The second-order valence-electron chi connectivity index (χ2n) is 9.63. The highest BCUT2D eigenvalue weighted by Crippen LogP contribution is 2.28. The minimum atomic E-state index is -0.386. The fraction of sp³-hybridized carbons (Fsp3) is 0.257. The van der Waals surface area contributed by atoms with Gasteiger partial charge in [0.25, 0.3) is 5.91 Å². The van der Waals surface area contributed by atoms with Gasteiger partial charge in [0.2, 0.25) is 0 Å². The molecule has 0 unspecified atom stereocenters. The number of rotatable bonds is 14. The van der Waals surface area contributed by atoms with E-state index in [-0.39, 0.29) is 24.4 Å². The van der Waals surface area contributed by atoms with Gasteiger partial charge >= 0.3 is 5.97 Å². The van der Waals surface area contributed by atoms with Crippen molar-refractivity contribution in [3.05, 3.63) is 138 Å². The maximum absolute atomic E-state index is 13.6. The summed E-state index contributed by atoms with van der Waals surface area (Å²) in [5, 5.41) is 0. The number of aryl methyl sites for hydroxylation is 1. The highest BCUT2D eigenvalue weighted by Gasteiger charge is 2.20. The van der Waals surface area contributed by atoms with E-state index in [0.717, 1.165) is 24.8 Å². The number of esters is 1. The third-order valence-corrected chi connectivity index (χ3v) is 6.90. The monoisotopic (exact) mass is 535 g/mol. The van der Waals surface area contributed by atoms with Crippen LogP contribution >= 0.6 is 0 Å². The van der Waals surface area contributed by atoms with Crippen LogP contribution in [0.3, 0.4) is 0 Å². The number of hydrogen-bond acceptors (Lipinski definition) is 4. The molecule has 5 heteroatoms. The quantitative estimate of drug-likeness (QED) is 0.164. The molecular weight excluding hydrogens is 498 g/mol. The number of ether oxygens (including phenoxy) is 2. The lowest BCUT2D eigenvalue weighted by molar-refractivity contribution is -0.145. The lowest BCUT2D eigenvalue weighted by atomic mass is 9.88. The van der Waals surface area contributed by atoms with Gasteiger partial charge in [0.05, 0.1) is 6.61 Å². The summed E-state index contributed by atoms with van der Waals surface area (Å²) >= 11 is 0. The van der Waals surface area contributed by atoms with Gasteiger partial charge in [0.1, 0.15) is 5.75 Å². The number of para-hydroxylation sites is 1. The van der Waals surface area contributed by atoms with Crippen LogP contribution in [-0.4, -0.2) is 43.1 Å². The normalized spacial score (nSPS) is 10.8. The standard InChI is InChI=1S/C35H37NO4/c1-2-39-34(37)27-40-33-23-13-12-19-30(33)22-14-25-36(35(38)31-20-10-5-11-21-31)26-24-32(28-15-6-3-7-16-28)29-17-8-4-9-18-29/h3-13,15-21,23,32H,2,14,22,24-27H2,1H3. The zero-order valence-electron chi connectivity index (χ0n) is 23.1. The first-order valence-electron chi connectivity index (χ1n) is 14.0. The minimum absolute atomic E-state index is 0.0346. The molecule has 4 aromatic carbocycles. The van der Waals surface area contributed by atoms with Crippen molar-refractivity contribution in [3.8, 4) is 5.75 Å². The SMILES string of the molecule is CCOC(=O)COc1ccccc1CCCN(CCC(c1ccccc1)c1ccccc1)C(=O)c1ccccc1. The van der Waals surface area contributed by atoms with E-state index < -0.39 is 0 Å². The summed E-state index contributed by atoms with van der Waals surface area (Å²) in [6.45, 7) is 3.21. The molecule has 1 amide bonds. The van der Waals surface area contributed by atoms with Gasteiger partial charge in [-0.3, -0.25) is 4.79 Å². The van der Waals surface area contributed by atoms with Crippen molar-refractivity contribution >= 4 is 11.9 Å². The molecule has 0 saturated heterocycles. The van der Waals surface area contributed by atoms with Crippen molar-refractivity contribution in [2.45, 2.75) is 32.1 Å². The van der Waals surface area contributed by atoms with Gasteiger partial charge in [-0.1, -0.05) is 97.1 Å². The van der Waals surface area contributed by atoms with Gasteiger partial charge < -0.3 is 14.4 Å². The van der Waals surface area contributed by atoms with Crippen LogP contribution in [0.25, 0.3) is 0 Å². The molecule has 0 aliphatic carbocycles. The van der Waals surface area contributed by atoms with Gasteiger partial charge in [0.15, 0.2) is 6.61 Å². The van der Waals surface area contributed by atoms with E-state index in [1.165, 1.54) is 11.1 Å². The first-order valence-corrected chi connectivity index (χ1v) is 14.0. The lowest BCUT2D eigenvalue weighted by Crippen LogP contribution is -2.34. The Balaban J connectivity index is 1.47. The molecule has 0 aromatic heterocycles. The van der Waals surface area contributed by atoms with Crippen LogP contribution in [0.4, 0.5) is 0 Å². The van der Waals surface area contributed by atoms with Crippen molar-refractivity contribution in [1.82, 2.24) is 4.90 Å². The van der Waals surface area contributed by atoms with Crippen molar-refractivity contribution in [2.75, 3.05) is 26.3 Å². The Hall–Kier alpha value is -4.38. The Morgan fingerprint density at radius 1 is 0.725 bits per heavy atom. The number of amides is 1. The molecule has 0 bridgehead atoms. The second kappa shape index (κ2) is 15.3. The molecule has 4 aromatic rings. The Kier molecular flexibility index (Phi) is 10.9. The Morgan fingerprint density at radius 3 is 1.93 bits per heavy atom. The predicted molar refractivity (Wildman–Crippen MR) is 159 cm³/mol. The zero-order chi connectivity index (χ0) is 28.0. The van der Waals surface area contributed by atoms with E-state index in [9.17, 15) is 9.59 Å². The smallest absolute Gasteiger partial charge is 0.344 e. The highest BCUT2D eigenvalue weighted by atomic mass is 16.6. The molecule has 0 N–H and O–H groups in total. The fourth-order valence-corrected chi connectivity index (χ4v) is 4.91. The van der Waals surface area contributed by atoms with Crippen molar-refractivity contribution in [1.29, 1.82) is 0 Å². The van der Waals surface area contributed by atoms with Gasteiger partial charge in [-0.2, -0.15) is 0 Å². The summed E-state index contributed by atoms with van der Waals surface area (Å²) in [6, 6.07) is 38.2. The molecule has 0 radical (unpaired) electrons. The van der Waals surface area contributed by atoms with Crippen LogP contribution in [0.5, 0.6) is 5.75 Å². The molecule has 0 atom stereocenters. The first kappa shape index (κ1) is 28.6. The lowest BCUT2D eigenvalue weighted by Gasteiger charge is -2.26. The van der Waals surface area contributed by atoms with Crippen LogP contribution in [0.15, 0.2) is 115 Å². The van der Waals surface area contributed by atoms with E-state index in [1.54, 1.807) is 6.92 Å². The van der Waals surface area contributed by atoms with E-state index >= 15 is 0 Å². The number of hydrogen-bond donors (Lipinski definition) is 0. The van der Waals surface area contributed by atoms with Crippen LogP contribution in [0.1, 0.15) is 52.7 Å². The number of nitrogens with zero attached hydrogens (tertiary/aromatic N) is 1. The van der Waals surface area contributed by atoms with E-state index in [1.807, 2.05) is 71.6 Å². The maximum atomic E-state index is 13.6. The highest BCUT2D eigenvalue weighted by molar-refractivity contribution is 5.94. The third kappa shape index (κ3) is 8.31. The summed E-state index contributed by atoms with van der Waals surface area (Å²) in [4.78, 5) is 27.4. The van der Waals surface area contributed by atoms with Gasteiger partial charge in [0, 0.05) is 24.6 Å². The van der Waals surface area contributed by atoms with Gasteiger partial charge in [-0.25, -0.2) is 4.79 Å².